The van der Waals surface area contributed by atoms with Crippen molar-refractivity contribution in [1.82, 2.24) is 4.31 Å². The molecule has 0 saturated carbocycles. The van der Waals surface area contributed by atoms with E-state index in [9.17, 15) is 18.0 Å². The Bertz CT molecular complexity index is 1070. The van der Waals surface area contributed by atoms with Gasteiger partial charge in [0.25, 0.3) is 5.91 Å². The van der Waals surface area contributed by atoms with Gasteiger partial charge in [-0.15, -0.1) is 11.8 Å². The molecule has 0 aliphatic carbocycles. The highest BCUT2D eigenvalue weighted by Gasteiger charge is 2.20. The Morgan fingerprint density at radius 3 is 2.32 bits per heavy atom. The first kappa shape index (κ1) is 24.9. The van der Waals surface area contributed by atoms with Gasteiger partial charge in [0.2, 0.25) is 10.0 Å². The van der Waals surface area contributed by atoms with Gasteiger partial charge in [-0.05, 0) is 61.7 Å². The molecule has 2 aromatic rings. The fraction of sp³-hybridized carbons (Fsp3) is 0.364. The topological polar surface area (TPSA) is 92.8 Å². The predicted molar refractivity (Wildman–Crippen MR) is 123 cm³/mol. The maximum Gasteiger partial charge on any atom is 0.307 e. The summed E-state index contributed by atoms with van der Waals surface area (Å²) in [7, 11) is -0.751. The van der Waals surface area contributed by atoms with Gasteiger partial charge in [-0.25, -0.2) is 12.7 Å². The number of hydrogen-bond donors (Lipinski definition) is 1. The molecule has 1 amide bonds. The molecule has 0 aromatic heterocycles. The molecule has 0 heterocycles. The zero-order valence-electron chi connectivity index (χ0n) is 18.4. The zero-order chi connectivity index (χ0) is 23.2. The maximum absolute atomic E-state index is 12.4. The summed E-state index contributed by atoms with van der Waals surface area (Å²) in [5.41, 5.74) is 3.30. The number of thioether (sulfide) groups is 1. The second-order valence-corrected chi connectivity index (χ2v) is 10.6. The van der Waals surface area contributed by atoms with Crippen LogP contribution in [0.4, 0.5) is 5.69 Å². The minimum atomic E-state index is -3.64. The first-order valence-corrected chi connectivity index (χ1v) is 12.1. The lowest BCUT2D eigenvalue weighted by Gasteiger charge is -2.15. The number of nitrogens with one attached hydrogen (secondary N) is 1. The maximum atomic E-state index is 12.4. The van der Waals surface area contributed by atoms with E-state index in [1.165, 1.54) is 31.3 Å². The highest BCUT2D eigenvalue weighted by Crippen LogP contribution is 2.23. The third-order valence-corrected chi connectivity index (χ3v) is 7.60. The highest BCUT2D eigenvalue weighted by atomic mass is 32.2. The van der Waals surface area contributed by atoms with Gasteiger partial charge < -0.3 is 10.1 Å². The molecular formula is C22H28N2O5S2. The molecule has 168 valence electrons. The average Bonchev–Trinajstić information content (AvgIpc) is 2.70. The van der Waals surface area contributed by atoms with Crippen LogP contribution in [-0.2, 0) is 24.3 Å². The van der Waals surface area contributed by atoms with Gasteiger partial charge in [0, 0.05) is 30.4 Å². The minimum Gasteiger partial charge on any atom is -0.456 e. The molecule has 0 fully saturated rings. The molecule has 0 radical (unpaired) electrons. The van der Waals surface area contributed by atoms with Crippen LogP contribution in [0.1, 0.15) is 23.1 Å². The molecule has 7 nitrogen and oxygen atoms in total. The summed E-state index contributed by atoms with van der Waals surface area (Å²) in [6, 6.07) is 10.7. The van der Waals surface area contributed by atoms with Crippen LogP contribution in [0.5, 0.6) is 0 Å². The van der Waals surface area contributed by atoms with Crippen molar-refractivity contribution in [1.29, 1.82) is 0 Å². The van der Waals surface area contributed by atoms with Gasteiger partial charge in [-0.3, -0.25) is 9.59 Å². The number of carbonyl (C=O) groups is 2. The second kappa shape index (κ2) is 10.8. The van der Waals surface area contributed by atoms with Crippen LogP contribution >= 0.6 is 11.8 Å². The summed E-state index contributed by atoms with van der Waals surface area (Å²) >= 11 is 1.55. The lowest BCUT2D eigenvalue weighted by Crippen LogP contribution is -2.24. The molecule has 0 aliphatic heterocycles. The molecule has 9 heteroatoms. The van der Waals surface area contributed by atoms with Crippen LogP contribution in [0.2, 0.25) is 0 Å². The number of benzene rings is 2. The van der Waals surface area contributed by atoms with E-state index in [4.69, 9.17) is 4.74 Å². The van der Waals surface area contributed by atoms with E-state index >= 15 is 0 Å². The molecule has 31 heavy (non-hydrogen) atoms. The number of sulfonamides is 1. The van der Waals surface area contributed by atoms with Crippen LogP contribution < -0.4 is 5.32 Å². The molecule has 0 saturated heterocycles. The number of rotatable bonds is 9. The van der Waals surface area contributed by atoms with Crippen molar-refractivity contribution in [2.24, 2.45) is 0 Å². The smallest absolute Gasteiger partial charge is 0.307 e. The van der Waals surface area contributed by atoms with E-state index in [0.29, 0.717) is 17.0 Å². The first-order chi connectivity index (χ1) is 14.5. The summed E-state index contributed by atoms with van der Waals surface area (Å²) in [4.78, 5) is 25.2. The fourth-order valence-electron chi connectivity index (χ4n) is 2.62. The van der Waals surface area contributed by atoms with E-state index in [2.05, 4.69) is 11.4 Å². The quantitative estimate of drug-likeness (QED) is 0.451. The Hall–Kier alpha value is -2.36. The standard InChI is InChI=1S/C22H28N2O5S2/c1-15-7-9-19(12-17(15)3)30-11-10-22(26)29-14-21(25)23-18-8-6-16(2)20(13-18)31(27,28)24(4)5/h6-9,12-13H,10-11,14H2,1-5H3,(H,23,25). The van der Waals surface area contributed by atoms with Crippen LogP contribution in [-0.4, -0.2) is 51.1 Å². The second-order valence-electron chi connectivity index (χ2n) is 7.32. The summed E-state index contributed by atoms with van der Waals surface area (Å²) in [6.45, 7) is 5.33. The largest absolute Gasteiger partial charge is 0.456 e. The van der Waals surface area contributed by atoms with Gasteiger partial charge in [0.05, 0.1) is 11.3 Å². The molecule has 1 N–H and O–H groups in total. The van der Waals surface area contributed by atoms with Crippen LogP contribution in [0.3, 0.4) is 0 Å². The normalized spacial score (nSPS) is 11.4. The molecule has 2 aromatic carbocycles. The summed E-state index contributed by atoms with van der Waals surface area (Å²) in [6.07, 6.45) is 0.181. The molecule has 0 spiro atoms. The van der Waals surface area contributed by atoms with E-state index in [-0.39, 0.29) is 11.3 Å². The van der Waals surface area contributed by atoms with Crippen LogP contribution in [0.25, 0.3) is 0 Å². The van der Waals surface area contributed by atoms with Gasteiger partial charge in [0.1, 0.15) is 0 Å². The van der Waals surface area contributed by atoms with Crippen molar-refractivity contribution in [3.8, 4) is 0 Å². The molecular weight excluding hydrogens is 436 g/mol. The van der Waals surface area contributed by atoms with Crippen molar-refractivity contribution >= 4 is 39.3 Å². The molecule has 0 unspecified atom stereocenters. The van der Waals surface area contributed by atoms with Gasteiger partial charge in [0.15, 0.2) is 6.61 Å². The SMILES string of the molecule is Cc1ccc(SCCC(=O)OCC(=O)Nc2ccc(C)c(S(=O)(=O)N(C)C)c2)cc1C. The summed E-state index contributed by atoms with van der Waals surface area (Å²) in [5, 5.41) is 2.57. The number of aryl methyl sites for hydroxylation is 3. The number of ether oxygens (including phenoxy) is 1. The summed E-state index contributed by atoms with van der Waals surface area (Å²) < 4.78 is 30.9. The van der Waals surface area contributed by atoms with E-state index in [1.54, 1.807) is 30.8 Å². The predicted octanol–water partition coefficient (Wildman–Crippen LogP) is 3.53. The fourth-order valence-corrected chi connectivity index (χ4v) is 4.70. The van der Waals surface area contributed by atoms with Crippen molar-refractivity contribution < 1.29 is 22.7 Å². The number of nitrogens with zero attached hydrogens (tertiary/aromatic N) is 1. The van der Waals surface area contributed by atoms with E-state index in [0.717, 1.165) is 9.20 Å². The van der Waals surface area contributed by atoms with Gasteiger partial charge in [-0.1, -0.05) is 12.1 Å². The number of carbonyl (C=O) groups excluding carboxylic acids is 2. The third-order valence-electron chi connectivity index (χ3n) is 4.65. The van der Waals surface area contributed by atoms with Crippen molar-refractivity contribution in [3.05, 3.63) is 53.1 Å². The van der Waals surface area contributed by atoms with E-state index in [1.807, 2.05) is 26.0 Å². The lowest BCUT2D eigenvalue weighted by molar-refractivity contribution is -0.146. The first-order valence-electron chi connectivity index (χ1n) is 9.69. The van der Waals surface area contributed by atoms with Crippen molar-refractivity contribution in [2.45, 2.75) is 37.0 Å². The van der Waals surface area contributed by atoms with Crippen molar-refractivity contribution in [2.75, 3.05) is 31.8 Å². The van der Waals surface area contributed by atoms with Crippen molar-refractivity contribution in [3.63, 3.8) is 0 Å². The molecule has 2 rings (SSSR count). The zero-order valence-corrected chi connectivity index (χ0v) is 20.0. The molecule has 0 aliphatic rings. The van der Waals surface area contributed by atoms with Gasteiger partial charge >= 0.3 is 5.97 Å². The van der Waals surface area contributed by atoms with Crippen LogP contribution in [0, 0.1) is 20.8 Å². The monoisotopic (exact) mass is 464 g/mol. The average molecular weight is 465 g/mol. The Labute approximate surface area is 188 Å². The summed E-state index contributed by atoms with van der Waals surface area (Å²) in [5.74, 6) is -0.453. The third kappa shape index (κ3) is 7.09. The number of anilines is 1. The number of hydrogen-bond acceptors (Lipinski definition) is 6. The number of esters is 1. The Morgan fingerprint density at radius 2 is 1.68 bits per heavy atom. The van der Waals surface area contributed by atoms with Crippen LogP contribution in [0.15, 0.2) is 46.2 Å². The Balaban J connectivity index is 1.83. The molecule has 0 bridgehead atoms. The Morgan fingerprint density at radius 1 is 1.00 bits per heavy atom. The van der Waals surface area contributed by atoms with Gasteiger partial charge in [-0.2, -0.15) is 0 Å². The lowest BCUT2D eigenvalue weighted by atomic mass is 10.1. The minimum absolute atomic E-state index is 0.107. The Kier molecular flexibility index (Phi) is 8.67. The highest BCUT2D eigenvalue weighted by molar-refractivity contribution is 7.99. The van der Waals surface area contributed by atoms with E-state index < -0.39 is 28.5 Å². The number of amides is 1. The molecule has 0 atom stereocenters.